The molecular weight excluding hydrogens is 450 g/mol. The molecule has 2 saturated heterocycles. The van der Waals surface area contributed by atoms with Crippen LogP contribution in [0.3, 0.4) is 0 Å². The fourth-order valence-electron chi connectivity index (χ4n) is 5.84. The molecule has 2 aromatic heterocycles. The summed E-state index contributed by atoms with van der Waals surface area (Å²) in [7, 11) is 0. The molecule has 0 amide bonds. The molecule has 8 nitrogen and oxygen atoms in total. The zero-order valence-corrected chi connectivity index (χ0v) is 20.9. The van der Waals surface area contributed by atoms with Gasteiger partial charge in [-0.3, -0.25) is 9.88 Å². The van der Waals surface area contributed by atoms with Gasteiger partial charge in [0.05, 0.1) is 23.3 Å². The third-order valence-corrected chi connectivity index (χ3v) is 7.65. The molecule has 2 fully saturated rings. The summed E-state index contributed by atoms with van der Waals surface area (Å²) in [4.78, 5) is 16.6. The molecule has 36 heavy (non-hydrogen) atoms. The predicted molar refractivity (Wildman–Crippen MR) is 141 cm³/mol. The van der Waals surface area contributed by atoms with E-state index in [2.05, 4.69) is 62.4 Å². The first-order valence-corrected chi connectivity index (χ1v) is 13.0. The summed E-state index contributed by atoms with van der Waals surface area (Å²) in [5, 5.41) is 14.0. The van der Waals surface area contributed by atoms with Gasteiger partial charge in [0, 0.05) is 75.8 Å². The average molecular weight is 484 g/mol. The second-order valence-corrected chi connectivity index (χ2v) is 10.1. The minimum absolute atomic E-state index is 0.135. The largest absolute Gasteiger partial charge is 0.370 e. The van der Waals surface area contributed by atoms with E-state index >= 15 is 0 Å². The number of benzene rings is 1. The van der Waals surface area contributed by atoms with E-state index in [9.17, 15) is 5.26 Å². The molecule has 6 rings (SSSR count). The van der Waals surface area contributed by atoms with Crippen LogP contribution in [0.15, 0.2) is 42.7 Å². The monoisotopic (exact) mass is 483 g/mol. The molecule has 8 heteroatoms. The van der Waals surface area contributed by atoms with Crippen LogP contribution in [-0.4, -0.2) is 79.4 Å². The molecule has 5 heterocycles. The Morgan fingerprint density at radius 2 is 1.97 bits per heavy atom. The van der Waals surface area contributed by atoms with Crippen molar-refractivity contribution in [3.05, 3.63) is 59.4 Å². The summed E-state index contributed by atoms with van der Waals surface area (Å²) in [5.41, 5.74) is 5.31. The van der Waals surface area contributed by atoms with E-state index in [1.807, 2.05) is 12.1 Å². The van der Waals surface area contributed by atoms with Crippen LogP contribution in [0.4, 0.5) is 11.5 Å². The summed E-state index contributed by atoms with van der Waals surface area (Å²) in [6, 6.07) is 12.5. The third kappa shape index (κ3) is 4.62. The molecule has 3 aliphatic heterocycles. The average Bonchev–Trinajstić information content (AvgIpc) is 2.92. The van der Waals surface area contributed by atoms with Crippen LogP contribution in [0.5, 0.6) is 0 Å². The minimum Gasteiger partial charge on any atom is -0.370 e. The fraction of sp³-hybridized carbons (Fsp3) is 0.464. The normalized spacial score (nSPS) is 22.9. The van der Waals surface area contributed by atoms with Crippen molar-refractivity contribution < 1.29 is 4.74 Å². The van der Waals surface area contributed by atoms with Crippen molar-refractivity contribution in [2.45, 2.75) is 32.1 Å². The van der Waals surface area contributed by atoms with Gasteiger partial charge in [0.1, 0.15) is 11.9 Å². The lowest BCUT2D eigenvalue weighted by Gasteiger charge is -2.42. The quantitative estimate of drug-likeness (QED) is 0.607. The fourth-order valence-corrected chi connectivity index (χ4v) is 5.84. The van der Waals surface area contributed by atoms with Crippen molar-refractivity contribution in [3.8, 4) is 6.07 Å². The number of pyridine rings is 2. The van der Waals surface area contributed by atoms with Gasteiger partial charge < -0.3 is 19.9 Å². The SMILES string of the molecule is C[C@@H]1CN(c2ccc(C#N)c3ncccc23)C[C@H](CN2CCN(c3cc4c(cn3)CCNC4)CC2)O1. The number of morpholine rings is 1. The number of nitrogens with zero attached hydrogens (tertiary/aromatic N) is 6. The minimum atomic E-state index is 0.135. The molecule has 186 valence electrons. The van der Waals surface area contributed by atoms with Crippen molar-refractivity contribution in [2.75, 3.05) is 62.2 Å². The van der Waals surface area contributed by atoms with Gasteiger partial charge >= 0.3 is 0 Å². The lowest BCUT2D eigenvalue weighted by molar-refractivity contribution is -0.0327. The van der Waals surface area contributed by atoms with E-state index in [1.54, 1.807) is 6.20 Å². The number of nitriles is 1. The molecular formula is C28H33N7O. The molecule has 1 aromatic carbocycles. The number of hydrogen-bond acceptors (Lipinski definition) is 8. The molecule has 3 aliphatic rings. The van der Waals surface area contributed by atoms with Crippen molar-refractivity contribution in [1.82, 2.24) is 20.2 Å². The number of piperazine rings is 1. The number of aromatic nitrogens is 2. The molecule has 1 N–H and O–H groups in total. The molecule has 0 spiro atoms. The molecule has 0 radical (unpaired) electrons. The zero-order valence-electron chi connectivity index (χ0n) is 20.9. The first kappa shape index (κ1) is 23.2. The van der Waals surface area contributed by atoms with Crippen LogP contribution in [0, 0.1) is 11.3 Å². The van der Waals surface area contributed by atoms with E-state index in [0.717, 1.165) is 87.7 Å². The summed E-state index contributed by atoms with van der Waals surface area (Å²) in [5.74, 6) is 1.10. The van der Waals surface area contributed by atoms with Gasteiger partial charge in [-0.2, -0.15) is 5.26 Å². The smallest absolute Gasteiger partial charge is 0.128 e. The Hall–Kier alpha value is -3.25. The highest BCUT2D eigenvalue weighted by molar-refractivity contribution is 5.95. The van der Waals surface area contributed by atoms with Crippen LogP contribution in [0.2, 0.25) is 0 Å². The molecule has 0 aliphatic carbocycles. The van der Waals surface area contributed by atoms with Crippen molar-refractivity contribution in [2.24, 2.45) is 0 Å². The number of fused-ring (bicyclic) bond motifs is 2. The number of rotatable bonds is 4. The maximum atomic E-state index is 9.51. The van der Waals surface area contributed by atoms with Gasteiger partial charge in [-0.15, -0.1) is 0 Å². The van der Waals surface area contributed by atoms with Gasteiger partial charge in [-0.05, 0) is 61.3 Å². The Morgan fingerprint density at radius 1 is 1.08 bits per heavy atom. The highest BCUT2D eigenvalue weighted by atomic mass is 16.5. The molecule has 2 atom stereocenters. The highest BCUT2D eigenvalue weighted by Gasteiger charge is 2.29. The maximum Gasteiger partial charge on any atom is 0.128 e. The van der Waals surface area contributed by atoms with Gasteiger partial charge in [0.25, 0.3) is 0 Å². The van der Waals surface area contributed by atoms with E-state index < -0.39 is 0 Å². The maximum absolute atomic E-state index is 9.51. The Kier molecular flexibility index (Phi) is 6.45. The zero-order chi connectivity index (χ0) is 24.5. The van der Waals surface area contributed by atoms with Crippen LogP contribution in [-0.2, 0) is 17.7 Å². The van der Waals surface area contributed by atoms with Gasteiger partial charge in [0.2, 0.25) is 0 Å². The Morgan fingerprint density at radius 3 is 2.83 bits per heavy atom. The van der Waals surface area contributed by atoms with Crippen LogP contribution < -0.4 is 15.1 Å². The molecule has 0 saturated carbocycles. The third-order valence-electron chi connectivity index (χ3n) is 7.65. The van der Waals surface area contributed by atoms with Crippen LogP contribution >= 0.6 is 0 Å². The lowest BCUT2D eigenvalue weighted by atomic mass is 10.0. The number of nitrogens with one attached hydrogen (secondary N) is 1. The molecule has 0 unspecified atom stereocenters. The first-order valence-electron chi connectivity index (χ1n) is 13.0. The Balaban J connectivity index is 1.11. The molecule has 0 bridgehead atoms. The summed E-state index contributed by atoms with van der Waals surface area (Å²) in [6.45, 7) is 10.7. The summed E-state index contributed by atoms with van der Waals surface area (Å²) >= 11 is 0. The van der Waals surface area contributed by atoms with Gasteiger partial charge in [-0.1, -0.05) is 0 Å². The predicted octanol–water partition coefficient (Wildman–Crippen LogP) is 2.56. The Labute approximate surface area is 212 Å². The summed E-state index contributed by atoms with van der Waals surface area (Å²) in [6.07, 6.45) is 5.18. The van der Waals surface area contributed by atoms with E-state index in [1.165, 1.54) is 11.1 Å². The second kappa shape index (κ2) is 10.0. The standard InChI is InChI=1S/C28H33N7O/c1-20-17-35(26-5-4-21(14-29)28-25(26)3-2-7-31-28)19-24(36-20)18-33-9-11-34(12-10-33)27-13-23-15-30-8-6-22(23)16-32-27/h2-5,7,13,16,20,24,30H,6,8-12,15,17-19H2,1H3/t20-,24+/m1/s1. The lowest BCUT2D eigenvalue weighted by Crippen LogP contribution is -2.54. The van der Waals surface area contributed by atoms with Crippen LogP contribution in [0.25, 0.3) is 10.9 Å². The first-order chi connectivity index (χ1) is 17.7. The number of anilines is 2. The van der Waals surface area contributed by atoms with Crippen molar-refractivity contribution >= 4 is 22.4 Å². The van der Waals surface area contributed by atoms with Crippen molar-refractivity contribution in [1.29, 1.82) is 5.26 Å². The van der Waals surface area contributed by atoms with E-state index in [-0.39, 0.29) is 12.2 Å². The van der Waals surface area contributed by atoms with Crippen molar-refractivity contribution in [3.63, 3.8) is 0 Å². The topological polar surface area (TPSA) is 80.6 Å². The Bertz CT molecular complexity index is 1280. The number of ether oxygens (including phenoxy) is 1. The van der Waals surface area contributed by atoms with E-state index in [4.69, 9.17) is 9.72 Å². The summed E-state index contributed by atoms with van der Waals surface area (Å²) < 4.78 is 6.39. The molecule has 3 aromatic rings. The van der Waals surface area contributed by atoms with Gasteiger partial charge in [-0.25, -0.2) is 4.98 Å². The highest BCUT2D eigenvalue weighted by Crippen LogP contribution is 2.30. The van der Waals surface area contributed by atoms with E-state index in [0.29, 0.717) is 5.56 Å². The second-order valence-electron chi connectivity index (χ2n) is 10.1. The van der Waals surface area contributed by atoms with Crippen LogP contribution in [0.1, 0.15) is 23.6 Å². The van der Waals surface area contributed by atoms with Gasteiger partial charge in [0.15, 0.2) is 0 Å². The number of hydrogen-bond donors (Lipinski definition) is 1.